The molecule has 1 fully saturated rings. The fourth-order valence-electron chi connectivity index (χ4n) is 4.69. The third-order valence-corrected chi connectivity index (χ3v) is 12.5. The molecule has 0 aromatic heterocycles. The Morgan fingerprint density at radius 2 is 1.61 bits per heavy atom. The second-order valence-electron chi connectivity index (χ2n) is 12.5. The van der Waals surface area contributed by atoms with Crippen LogP contribution in [0.25, 0.3) is 0 Å². The fourth-order valence-corrected chi connectivity index (χ4v) is 8.71. The van der Waals surface area contributed by atoms with Crippen molar-refractivity contribution >= 4 is 77.3 Å². The zero-order chi connectivity index (χ0) is 41.0. The van der Waals surface area contributed by atoms with Crippen molar-refractivity contribution in [1.82, 2.24) is 37.2 Å². The van der Waals surface area contributed by atoms with Crippen molar-refractivity contribution in [3.8, 4) is 0 Å². The van der Waals surface area contributed by atoms with Gasteiger partial charge < -0.3 is 0 Å². The van der Waals surface area contributed by atoms with Crippen LogP contribution in [0.15, 0.2) is 0 Å². The van der Waals surface area contributed by atoms with Crippen LogP contribution in [-0.4, -0.2) is 150 Å². The molecule has 14 N–H and O–H groups in total. The first kappa shape index (κ1) is 48.0. The number of rotatable bonds is 15. The van der Waals surface area contributed by atoms with E-state index in [0.29, 0.717) is 25.8 Å². The van der Waals surface area contributed by atoms with E-state index >= 15 is 0 Å². The second kappa shape index (κ2) is 25.1. The van der Waals surface area contributed by atoms with E-state index in [9.17, 15) is 53.4 Å². The maximum absolute atomic E-state index is 13.7. The Morgan fingerprint density at radius 3 is 2.20 bits per heavy atom. The van der Waals surface area contributed by atoms with Gasteiger partial charge in [-0.2, -0.15) is 0 Å². The summed E-state index contributed by atoms with van der Waals surface area (Å²) in [6.07, 6.45) is 0.542. The normalized spacial score (nSPS) is 24.2. The quantitative estimate of drug-likeness (QED) is 0.0544. The number of nitrogens with two attached hydrogens (primary N) is 2. The number of carboxylic acids is 2. The number of amides is 7. The Kier molecular flexibility index (Phi) is 22.3. The summed E-state index contributed by atoms with van der Waals surface area (Å²) < 4.78 is 0. The molecule has 0 aliphatic carbocycles. The molecule has 1 heterocycles. The summed E-state index contributed by atoms with van der Waals surface area (Å²) in [6, 6.07) is -9.22. The summed E-state index contributed by atoms with van der Waals surface area (Å²) in [5, 5.41) is 45.3. The number of carbonyl (C=O) groups is 9. The fraction of sp³-hybridized carbons (Fsp3) is 0.710. The van der Waals surface area contributed by atoms with E-state index in [2.05, 4.69) is 37.2 Å². The molecule has 8 atom stereocenters. The van der Waals surface area contributed by atoms with Gasteiger partial charge in [0.2, 0.25) is 0 Å². The first-order valence-electron chi connectivity index (χ1n) is 17.3. The van der Waals surface area contributed by atoms with E-state index in [0.717, 1.165) is 10.2 Å². The molecule has 0 unspecified atom stereocenters. The predicted molar refractivity (Wildman–Crippen MR) is 195 cm³/mol. The van der Waals surface area contributed by atoms with E-state index in [4.69, 9.17) is 16.6 Å². The maximum atomic E-state index is 13.7. The minimum atomic E-state index is -1.60. The van der Waals surface area contributed by atoms with Crippen LogP contribution in [0, 0.1) is 5.92 Å². The Morgan fingerprint density at radius 1 is 0.944 bits per heavy atom. The number of nitrogens with one attached hydrogen (secondary N) is 7. The van der Waals surface area contributed by atoms with Gasteiger partial charge in [0.25, 0.3) is 0 Å². The van der Waals surface area contributed by atoms with Crippen molar-refractivity contribution in [2.75, 3.05) is 25.4 Å². The summed E-state index contributed by atoms with van der Waals surface area (Å²) in [5.41, 5.74) is 11.7. The molecule has 0 aromatic rings. The van der Waals surface area contributed by atoms with E-state index in [1.54, 1.807) is 13.8 Å². The zero-order valence-corrected chi connectivity index (χ0v) is 32.9. The molecule has 0 spiro atoms. The van der Waals surface area contributed by atoms with E-state index < -0.39 is 135 Å². The molecule has 1 aliphatic rings. The van der Waals surface area contributed by atoms with Gasteiger partial charge in [-0.05, 0) is 0 Å². The molecule has 306 valence electrons. The number of carboxylic acid groups (broad SMARTS) is 2. The summed E-state index contributed by atoms with van der Waals surface area (Å²) >= 11 is -0.525. The van der Waals surface area contributed by atoms with Crippen LogP contribution < -0.4 is 48.7 Å². The molecular formula is C31H53N9O12SSe. The number of hydrogen-bond donors (Lipinski definition) is 12. The van der Waals surface area contributed by atoms with Gasteiger partial charge in [-0.25, -0.2) is 0 Å². The van der Waals surface area contributed by atoms with Gasteiger partial charge in [-0.1, -0.05) is 0 Å². The molecule has 0 aromatic carbocycles. The number of aliphatic hydroxyl groups excluding tert-OH is 1. The van der Waals surface area contributed by atoms with Crippen molar-refractivity contribution in [3.63, 3.8) is 0 Å². The summed E-state index contributed by atoms with van der Waals surface area (Å²) in [4.78, 5) is 114. The standard InChI is InChI=1S/C31H53N9O12SSe/c1-4-15(2)24(31(51)52)40-29(49)18(7-5-6-10-32)37-30(50)21-13-53-54-14-17(33)26(46)36-19(8-9-23(43)44)28(48)38-20(12-41)27(47)34-11-22(42)35-16(3)25(45)39-21/h15-21,24,41H,4-14,32-33H2,1-3H3,(H,34,47)(H,35,42)(H,36,46)(H,37,50)(H,38,48)(H,39,45)(H,40,49)(H,43,44)(H,51,52)/t15-,16-,17-,18-,19+,20-,21-,24-/m0/s1. The van der Waals surface area contributed by atoms with Crippen molar-refractivity contribution in [2.24, 2.45) is 17.4 Å². The minimum absolute atomic E-state index is 0.0451. The van der Waals surface area contributed by atoms with Crippen molar-refractivity contribution in [1.29, 1.82) is 0 Å². The van der Waals surface area contributed by atoms with Gasteiger partial charge in [0.15, 0.2) is 0 Å². The molecule has 0 saturated carbocycles. The molecule has 0 bridgehead atoms. The third-order valence-electron chi connectivity index (χ3n) is 8.18. The van der Waals surface area contributed by atoms with Gasteiger partial charge >= 0.3 is 323 Å². The molecule has 0 radical (unpaired) electrons. The van der Waals surface area contributed by atoms with Gasteiger partial charge in [-0.15, -0.1) is 0 Å². The number of aliphatic hydroxyl groups is 1. The Labute approximate surface area is 322 Å². The van der Waals surface area contributed by atoms with E-state index in [1.807, 2.05) is 0 Å². The molecule has 7 amide bonds. The van der Waals surface area contributed by atoms with Crippen LogP contribution in [0.1, 0.15) is 59.3 Å². The number of unbranched alkanes of at least 4 members (excludes halogenated alkanes) is 1. The van der Waals surface area contributed by atoms with Gasteiger partial charge in [0.1, 0.15) is 0 Å². The van der Waals surface area contributed by atoms with E-state index in [-0.39, 0.29) is 23.9 Å². The zero-order valence-electron chi connectivity index (χ0n) is 30.4. The Balaban J connectivity index is 3.34. The van der Waals surface area contributed by atoms with Crippen molar-refractivity contribution in [3.05, 3.63) is 0 Å². The SMILES string of the molecule is CC[C@H](C)[C@H](NC(=O)[C@H](CCCCN)NC(=O)[C@@H]1CS[Se]C[C@H](N)C(=O)N[C@H](CCC(=O)O)C(=O)N[C@@H](CO)C(=O)NCC(=O)N[C@@H](C)C(=O)N1)C(=O)O. The molecular weight excluding hydrogens is 801 g/mol. The molecule has 1 rings (SSSR count). The predicted octanol–water partition coefficient (Wildman–Crippen LogP) is -4.74. The Hall–Kier alpha value is -4.02. The summed E-state index contributed by atoms with van der Waals surface area (Å²) in [6.45, 7) is 3.41. The Bertz CT molecular complexity index is 1350. The second-order valence-corrected chi connectivity index (χ2v) is 17.0. The third kappa shape index (κ3) is 17.4. The topological polar surface area (TPSA) is 351 Å². The van der Waals surface area contributed by atoms with Crippen molar-refractivity contribution < 1.29 is 58.5 Å². The summed E-state index contributed by atoms with van der Waals surface area (Å²) in [5.74, 6) is -9.06. The monoisotopic (exact) mass is 855 g/mol. The van der Waals surface area contributed by atoms with E-state index in [1.165, 1.54) is 6.92 Å². The summed E-state index contributed by atoms with van der Waals surface area (Å²) in [7, 11) is 1.16. The first-order valence-corrected chi connectivity index (χ1v) is 21.5. The van der Waals surface area contributed by atoms with Gasteiger partial charge in [-0.3, -0.25) is 0 Å². The van der Waals surface area contributed by atoms with Crippen LogP contribution in [0.2, 0.25) is 5.32 Å². The number of aliphatic carboxylic acids is 2. The van der Waals surface area contributed by atoms with Crippen molar-refractivity contribution in [2.45, 2.75) is 107 Å². The first-order chi connectivity index (χ1) is 25.4. The van der Waals surface area contributed by atoms with Crippen LogP contribution in [0.5, 0.6) is 0 Å². The van der Waals surface area contributed by atoms with Crippen LogP contribution in [-0.2, 0) is 43.2 Å². The van der Waals surface area contributed by atoms with Crippen LogP contribution >= 0.6 is 10.2 Å². The molecule has 23 heteroatoms. The van der Waals surface area contributed by atoms with Crippen LogP contribution in [0.3, 0.4) is 0 Å². The number of hydrogen-bond acceptors (Lipinski definition) is 13. The van der Waals surface area contributed by atoms with Gasteiger partial charge in [0.05, 0.1) is 0 Å². The molecule has 1 saturated heterocycles. The van der Waals surface area contributed by atoms with Gasteiger partial charge in [0, 0.05) is 0 Å². The average molecular weight is 855 g/mol. The average Bonchev–Trinajstić information content (AvgIpc) is 3.12. The molecule has 1 aliphatic heterocycles. The van der Waals surface area contributed by atoms with Crippen LogP contribution in [0.4, 0.5) is 0 Å². The molecule has 54 heavy (non-hydrogen) atoms. The number of carbonyl (C=O) groups excluding carboxylic acids is 7. The molecule has 21 nitrogen and oxygen atoms in total.